The van der Waals surface area contributed by atoms with E-state index in [-0.39, 0.29) is 5.41 Å². The summed E-state index contributed by atoms with van der Waals surface area (Å²) in [6.45, 7) is 8.66. The third kappa shape index (κ3) is 3.43. The van der Waals surface area contributed by atoms with Gasteiger partial charge in [0, 0.05) is 19.5 Å². The van der Waals surface area contributed by atoms with Gasteiger partial charge in [-0.05, 0) is 36.6 Å². The molecule has 0 radical (unpaired) electrons. The lowest BCUT2D eigenvalue weighted by Crippen LogP contribution is -2.50. The smallest absolute Gasteiger partial charge is 0.0455 e. The Labute approximate surface area is 142 Å². The average molecular weight is 324 g/mol. The molecule has 1 aliphatic rings. The van der Waals surface area contributed by atoms with Crippen LogP contribution in [0.5, 0.6) is 0 Å². The van der Waals surface area contributed by atoms with Gasteiger partial charge in [0.2, 0.25) is 0 Å². The van der Waals surface area contributed by atoms with Gasteiger partial charge in [-0.25, -0.2) is 0 Å². The van der Waals surface area contributed by atoms with Gasteiger partial charge in [0.15, 0.2) is 0 Å². The lowest BCUT2D eigenvalue weighted by molar-refractivity contribution is 0.402. The second-order valence-corrected chi connectivity index (χ2v) is 13.6. The van der Waals surface area contributed by atoms with E-state index in [1.807, 2.05) is 0 Å². The highest BCUT2D eigenvalue weighted by molar-refractivity contribution is 6.76. The van der Waals surface area contributed by atoms with Gasteiger partial charge in [0.05, 0.1) is 0 Å². The maximum atomic E-state index is 3.84. The van der Waals surface area contributed by atoms with Crippen molar-refractivity contribution >= 4 is 8.07 Å². The Morgan fingerprint density at radius 3 is 1.83 bits per heavy atom. The molecule has 3 rings (SSSR count). The van der Waals surface area contributed by atoms with E-state index in [0.717, 1.165) is 6.54 Å². The van der Waals surface area contributed by atoms with Crippen LogP contribution in [0, 0.1) is 0 Å². The van der Waals surface area contributed by atoms with E-state index in [9.17, 15) is 0 Å². The maximum absolute atomic E-state index is 3.84. The minimum absolute atomic E-state index is 0.101. The van der Waals surface area contributed by atoms with Crippen LogP contribution in [0.1, 0.15) is 24.0 Å². The predicted molar refractivity (Wildman–Crippen MR) is 103 cm³/mol. The fraction of sp³-hybridized carbons (Fsp3) is 0.429. The van der Waals surface area contributed by atoms with Crippen molar-refractivity contribution in [3.05, 3.63) is 71.8 Å². The molecule has 0 saturated carbocycles. The monoisotopic (exact) mass is 323 g/mol. The van der Waals surface area contributed by atoms with Gasteiger partial charge in [-0.2, -0.15) is 0 Å². The maximum Gasteiger partial charge on any atom is 0.0455 e. The van der Waals surface area contributed by atoms with Gasteiger partial charge < -0.3 is 5.32 Å². The summed E-state index contributed by atoms with van der Waals surface area (Å²) in [7, 11) is -1.27. The van der Waals surface area contributed by atoms with Crippen molar-refractivity contribution in [1.82, 2.24) is 5.32 Å². The van der Waals surface area contributed by atoms with E-state index < -0.39 is 8.07 Å². The first-order valence-electron chi connectivity index (χ1n) is 8.87. The predicted octanol–water partition coefficient (Wildman–Crippen LogP) is 5.06. The average Bonchev–Trinajstić information content (AvgIpc) is 3.08. The normalized spacial score (nSPS) is 19.0. The fourth-order valence-electron chi connectivity index (χ4n) is 4.31. The summed E-state index contributed by atoms with van der Waals surface area (Å²) in [6.07, 6.45) is 2.56. The standard InChI is InChI=1S/C21H29NSi/c1-23(2,3)17-21(20-15-10-16-22-20,18-11-6-4-7-12-18)19-13-8-5-9-14-19/h4-9,11-14,20,22H,10,15-17H2,1-3H3/t20-/m0/s1. The zero-order chi connectivity index (χ0) is 16.3. The van der Waals surface area contributed by atoms with Crippen LogP contribution in [0.25, 0.3) is 0 Å². The Kier molecular flexibility index (Phi) is 4.74. The zero-order valence-electron chi connectivity index (χ0n) is 14.7. The van der Waals surface area contributed by atoms with Crippen molar-refractivity contribution in [1.29, 1.82) is 0 Å². The van der Waals surface area contributed by atoms with E-state index in [1.54, 1.807) is 0 Å². The fourth-order valence-corrected chi connectivity index (χ4v) is 6.64. The molecular formula is C21H29NSi. The largest absolute Gasteiger partial charge is 0.313 e. The first kappa shape index (κ1) is 16.5. The highest BCUT2D eigenvalue weighted by atomic mass is 28.3. The van der Waals surface area contributed by atoms with Crippen LogP contribution in [0.2, 0.25) is 25.7 Å². The minimum atomic E-state index is -1.27. The molecule has 0 unspecified atom stereocenters. The van der Waals surface area contributed by atoms with Crippen LogP contribution >= 0.6 is 0 Å². The second kappa shape index (κ2) is 6.62. The Morgan fingerprint density at radius 1 is 0.913 bits per heavy atom. The van der Waals surface area contributed by atoms with Crippen molar-refractivity contribution in [2.75, 3.05) is 6.54 Å². The van der Waals surface area contributed by atoms with Crippen LogP contribution in [0.15, 0.2) is 60.7 Å². The number of hydrogen-bond acceptors (Lipinski definition) is 1. The van der Waals surface area contributed by atoms with E-state index in [4.69, 9.17) is 0 Å². The first-order valence-corrected chi connectivity index (χ1v) is 12.6. The van der Waals surface area contributed by atoms with E-state index in [0.29, 0.717) is 6.04 Å². The van der Waals surface area contributed by atoms with Crippen molar-refractivity contribution in [2.24, 2.45) is 0 Å². The molecule has 1 fully saturated rings. The highest BCUT2D eigenvalue weighted by Crippen LogP contribution is 2.45. The first-order chi connectivity index (χ1) is 11.0. The zero-order valence-corrected chi connectivity index (χ0v) is 15.7. The summed E-state index contributed by atoms with van der Waals surface area (Å²) in [5.74, 6) is 0. The third-order valence-electron chi connectivity index (χ3n) is 5.04. The van der Waals surface area contributed by atoms with E-state index >= 15 is 0 Å². The second-order valence-electron chi connectivity index (χ2n) is 8.09. The molecule has 2 aromatic carbocycles. The molecule has 0 amide bonds. The third-order valence-corrected chi connectivity index (χ3v) is 6.66. The molecule has 1 N–H and O–H groups in total. The van der Waals surface area contributed by atoms with E-state index in [1.165, 1.54) is 30.0 Å². The molecule has 122 valence electrons. The summed E-state index contributed by atoms with van der Waals surface area (Å²) >= 11 is 0. The number of hydrogen-bond donors (Lipinski definition) is 1. The molecule has 23 heavy (non-hydrogen) atoms. The number of rotatable bonds is 5. The molecule has 1 saturated heterocycles. The topological polar surface area (TPSA) is 12.0 Å². The Bertz CT molecular complexity index is 570. The Balaban J connectivity index is 2.20. The minimum Gasteiger partial charge on any atom is -0.313 e. The van der Waals surface area contributed by atoms with Gasteiger partial charge in [0.1, 0.15) is 0 Å². The lowest BCUT2D eigenvalue weighted by atomic mass is 9.70. The van der Waals surface area contributed by atoms with Gasteiger partial charge in [0.25, 0.3) is 0 Å². The summed E-state index contributed by atoms with van der Waals surface area (Å²) in [5, 5.41) is 3.84. The van der Waals surface area contributed by atoms with Gasteiger partial charge in [-0.3, -0.25) is 0 Å². The van der Waals surface area contributed by atoms with Crippen LogP contribution in [-0.4, -0.2) is 20.7 Å². The van der Waals surface area contributed by atoms with Crippen molar-refractivity contribution in [3.63, 3.8) is 0 Å². The lowest BCUT2D eigenvalue weighted by Gasteiger charge is -2.44. The van der Waals surface area contributed by atoms with Gasteiger partial charge >= 0.3 is 0 Å². The summed E-state index contributed by atoms with van der Waals surface area (Å²) in [6, 6.07) is 24.3. The Morgan fingerprint density at radius 2 is 1.43 bits per heavy atom. The number of nitrogens with one attached hydrogen (secondary N) is 1. The molecule has 1 atom stereocenters. The van der Waals surface area contributed by atoms with Crippen LogP contribution < -0.4 is 5.32 Å². The molecule has 0 bridgehead atoms. The van der Waals surface area contributed by atoms with Crippen LogP contribution in [0.4, 0.5) is 0 Å². The summed E-state index contributed by atoms with van der Waals surface area (Å²) in [5.41, 5.74) is 3.06. The molecule has 1 nitrogen and oxygen atoms in total. The molecule has 2 aromatic rings. The summed E-state index contributed by atoms with van der Waals surface area (Å²) < 4.78 is 0. The van der Waals surface area contributed by atoms with Crippen molar-refractivity contribution in [2.45, 2.75) is 50.0 Å². The SMILES string of the molecule is C[Si](C)(C)CC(c1ccccc1)(c1ccccc1)[C@@H]1CCCN1. The van der Waals surface area contributed by atoms with Crippen molar-refractivity contribution in [3.8, 4) is 0 Å². The Hall–Kier alpha value is -1.38. The molecule has 1 heterocycles. The van der Waals surface area contributed by atoms with Crippen LogP contribution in [0.3, 0.4) is 0 Å². The number of benzene rings is 2. The van der Waals surface area contributed by atoms with Gasteiger partial charge in [-0.1, -0.05) is 80.3 Å². The quantitative estimate of drug-likeness (QED) is 0.758. The molecule has 0 aromatic heterocycles. The van der Waals surface area contributed by atoms with E-state index in [2.05, 4.69) is 85.6 Å². The van der Waals surface area contributed by atoms with Crippen LogP contribution in [-0.2, 0) is 5.41 Å². The van der Waals surface area contributed by atoms with Gasteiger partial charge in [-0.15, -0.1) is 0 Å². The molecular weight excluding hydrogens is 294 g/mol. The highest BCUT2D eigenvalue weighted by Gasteiger charge is 2.45. The van der Waals surface area contributed by atoms with Crippen molar-refractivity contribution < 1.29 is 0 Å². The summed E-state index contributed by atoms with van der Waals surface area (Å²) in [4.78, 5) is 0. The molecule has 1 aliphatic heterocycles. The molecule has 0 aliphatic carbocycles. The molecule has 2 heteroatoms. The molecule has 0 spiro atoms.